The van der Waals surface area contributed by atoms with Crippen LogP contribution in [0.1, 0.15) is 5.56 Å². The van der Waals surface area contributed by atoms with Gasteiger partial charge in [0.2, 0.25) is 0 Å². The Labute approximate surface area is 65.4 Å². The number of benzene rings is 1. The zero-order valence-electron chi connectivity index (χ0n) is 6.16. The minimum atomic E-state index is 0.103. The maximum absolute atomic E-state index is 9.14. The molecule has 0 spiro atoms. The van der Waals surface area contributed by atoms with E-state index in [1.165, 1.54) is 13.2 Å². The summed E-state index contributed by atoms with van der Waals surface area (Å²) in [4.78, 5) is 0. The van der Waals surface area contributed by atoms with Crippen LogP contribution in [0.2, 0.25) is 0 Å². The smallest absolute Gasteiger partial charge is 0.161 e. The fraction of sp³-hybridized carbons (Fsp3) is 0.111. The number of ether oxygens (including phenoxy) is 1. The van der Waals surface area contributed by atoms with Crippen LogP contribution in [-0.2, 0) is 0 Å². The molecule has 0 saturated carbocycles. The molecule has 2 nitrogen and oxygen atoms in total. The number of phenolic OH excluding ortho intramolecular Hbond substituents is 1. The van der Waals surface area contributed by atoms with Gasteiger partial charge in [0, 0.05) is 5.56 Å². The van der Waals surface area contributed by atoms with E-state index >= 15 is 0 Å². The van der Waals surface area contributed by atoms with Crippen LogP contribution in [0.5, 0.6) is 11.5 Å². The van der Waals surface area contributed by atoms with E-state index in [0.717, 1.165) is 0 Å². The molecule has 0 heterocycles. The fourth-order valence-electron chi connectivity index (χ4n) is 0.767. The average Bonchev–Trinajstić information content (AvgIpc) is 2.05. The standard InChI is InChI=1S/C9H8O2/c1-3-7-4-5-8(10)9(6-7)11-2/h1,4-6,10H,2H3. The van der Waals surface area contributed by atoms with Crippen LogP contribution < -0.4 is 4.74 Å². The van der Waals surface area contributed by atoms with Gasteiger partial charge in [0.25, 0.3) is 0 Å². The first-order valence-electron chi connectivity index (χ1n) is 3.11. The number of phenols is 1. The minimum Gasteiger partial charge on any atom is -0.504 e. The van der Waals surface area contributed by atoms with E-state index in [1.54, 1.807) is 12.1 Å². The lowest BCUT2D eigenvalue weighted by Crippen LogP contribution is -1.84. The van der Waals surface area contributed by atoms with Crippen molar-refractivity contribution < 1.29 is 9.84 Å². The first-order valence-corrected chi connectivity index (χ1v) is 3.11. The third kappa shape index (κ3) is 1.44. The molecule has 2 heteroatoms. The van der Waals surface area contributed by atoms with Gasteiger partial charge in [-0.2, -0.15) is 0 Å². The molecule has 11 heavy (non-hydrogen) atoms. The van der Waals surface area contributed by atoms with Gasteiger partial charge in [-0.05, 0) is 18.2 Å². The van der Waals surface area contributed by atoms with Crippen molar-refractivity contribution in [2.75, 3.05) is 7.11 Å². The van der Waals surface area contributed by atoms with Crippen LogP contribution >= 0.6 is 0 Å². The first kappa shape index (κ1) is 7.49. The second kappa shape index (κ2) is 2.98. The summed E-state index contributed by atoms with van der Waals surface area (Å²) >= 11 is 0. The van der Waals surface area contributed by atoms with E-state index in [9.17, 15) is 0 Å². The molecule has 0 radical (unpaired) electrons. The van der Waals surface area contributed by atoms with Crippen molar-refractivity contribution in [2.24, 2.45) is 0 Å². The third-order valence-electron chi connectivity index (χ3n) is 1.35. The molecule has 0 aromatic heterocycles. The van der Waals surface area contributed by atoms with E-state index < -0.39 is 0 Å². The monoisotopic (exact) mass is 148 g/mol. The van der Waals surface area contributed by atoms with Gasteiger partial charge < -0.3 is 9.84 Å². The Hall–Kier alpha value is -1.62. The number of hydrogen-bond donors (Lipinski definition) is 1. The number of rotatable bonds is 1. The Bertz CT molecular complexity index is 297. The maximum atomic E-state index is 9.14. The number of aromatic hydroxyl groups is 1. The Morgan fingerprint density at radius 1 is 1.55 bits per heavy atom. The largest absolute Gasteiger partial charge is 0.504 e. The van der Waals surface area contributed by atoms with Crippen molar-refractivity contribution in [3.05, 3.63) is 23.8 Å². The summed E-state index contributed by atoms with van der Waals surface area (Å²) in [6, 6.07) is 4.77. The van der Waals surface area contributed by atoms with Gasteiger partial charge in [0.05, 0.1) is 7.11 Å². The van der Waals surface area contributed by atoms with Crippen LogP contribution in [0.25, 0.3) is 0 Å². The second-order valence-corrected chi connectivity index (χ2v) is 2.03. The van der Waals surface area contributed by atoms with Crippen molar-refractivity contribution >= 4 is 0 Å². The van der Waals surface area contributed by atoms with Gasteiger partial charge >= 0.3 is 0 Å². The molecule has 0 unspecified atom stereocenters. The highest BCUT2D eigenvalue weighted by atomic mass is 16.5. The molecule has 0 aliphatic rings. The highest BCUT2D eigenvalue weighted by Gasteiger charge is 1.99. The van der Waals surface area contributed by atoms with Gasteiger partial charge in [0.15, 0.2) is 11.5 Å². The van der Waals surface area contributed by atoms with Crippen molar-refractivity contribution in [1.82, 2.24) is 0 Å². The van der Waals surface area contributed by atoms with Gasteiger partial charge in [-0.1, -0.05) is 5.92 Å². The molecular weight excluding hydrogens is 140 g/mol. The highest BCUT2D eigenvalue weighted by molar-refractivity contribution is 5.46. The van der Waals surface area contributed by atoms with E-state index in [-0.39, 0.29) is 5.75 Å². The average molecular weight is 148 g/mol. The quantitative estimate of drug-likeness (QED) is 0.610. The molecule has 0 fully saturated rings. The lowest BCUT2D eigenvalue weighted by molar-refractivity contribution is 0.373. The molecule has 1 aromatic carbocycles. The highest BCUT2D eigenvalue weighted by Crippen LogP contribution is 2.25. The lowest BCUT2D eigenvalue weighted by Gasteiger charge is -2.01. The summed E-state index contributed by atoms with van der Waals surface area (Å²) in [7, 11) is 1.48. The summed E-state index contributed by atoms with van der Waals surface area (Å²) in [5, 5.41) is 9.14. The SMILES string of the molecule is C#Cc1ccc(O)c(OC)c1. The van der Waals surface area contributed by atoms with Gasteiger partial charge in [0.1, 0.15) is 0 Å². The molecule has 0 aliphatic heterocycles. The van der Waals surface area contributed by atoms with E-state index in [1.807, 2.05) is 0 Å². The zero-order chi connectivity index (χ0) is 8.27. The molecule has 1 aromatic rings. The molecule has 0 saturated heterocycles. The summed E-state index contributed by atoms with van der Waals surface area (Å²) in [5.41, 5.74) is 0.694. The number of hydrogen-bond acceptors (Lipinski definition) is 2. The van der Waals surface area contributed by atoms with Gasteiger partial charge in [-0.15, -0.1) is 6.42 Å². The first-order chi connectivity index (χ1) is 5.27. The van der Waals surface area contributed by atoms with E-state index in [2.05, 4.69) is 5.92 Å². The van der Waals surface area contributed by atoms with Gasteiger partial charge in [-0.3, -0.25) is 0 Å². The van der Waals surface area contributed by atoms with E-state index in [0.29, 0.717) is 11.3 Å². The maximum Gasteiger partial charge on any atom is 0.161 e. The normalized spacial score (nSPS) is 8.73. The topological polar surface area (TPSA) is 29.5 Å². The minimum absolute atomic E-state index is 0.103. The van der Waals surface area contributed by atoms with Crippen molar-refractivity contribution in [3.8, 4) is 23.8 Å². The summed E-state index contributed by atoms with van der Waals surface area (Å²) in [5.74, 6) is 2.94. The Morgan fingerprint density at radius 2 is 2.27 bits per heavy atom. The predicted molar refractivity (Wildman–Crippen MR) is 42.6 cm³/mol. The molecular formula is C9H8O2. The zero-order valence-corrected chi connectivity index (χ0v) is 6.16. The second-order valence-electron chi connectivity index (χ2n) is 2.03. The summed E-state index contributed by atoms with van der Waals surface area (Å²) < 4.78 is 4.84. The summed E-state index contributed by atoms with van der Waals surface area (Å²) in [6.45, 7) is 0. The molecule has 1 N–H and O–H groups in total. The van der Waals surface area contributed by atoms with Crippen LogP contribution in [0, 0.1) is 12.3 Å². The predicted octanol–water partition coefficient (Wildman–Crippen LogP) is 1.38. The van der Waals surface area contributed by atoms with Crippen LogP contribution in [0.15, 0.2) is 18.2 Å². The Morgan fingerprint density at radius 3 is 2.82 bits per heavy atom. The molecule has 0 bridgehead atoms. The molecule has 56 valence electrons. The van der Waals surface area contributed by atoms with Crippen molar-refractivity contribution in [2.45, 2.75) is 0 Å². The Kier molecular flexibility index (Phi) is 2.03. The fourth-order valence-corrected chi connectivity index (χ4v) is 0.767. The molecule has 0 aliphatic carbocycles. The molecule has 1 rings (SSSR count). The molecule has 0 atom stereocenters. The number of methoxy groups -OCH3 is 1. The summed E-state index contributed by atoms with van der Waals surface area (Å²) in [6.07, 6.45) is 5.14. The van der Waals surface area contributed by atoms with Crippen molar-refractivity contribution in [3.63, 3.8) is 0 Å². The van der Waals surface area contributed by atoms with Crippen molar-refractivity contribution in [1.29, 1.82) is 0 Å². The van der Waals surface area contributed by atoms with Gasteiger partial charge in [-0.25, -0.2) is 0 Å². The third-order valence-corrected chi connectivity index (χ3v) is 1.35. The van der Waals surface area contributed by atoms with E-state index in [4.69, 9.17) is 16.3 Å². The van der Waals surface area contributed by atoms with Crippen LogP contribution in [0.3, 0.4) is 0 Å². The number of terminal acetylenes is 1. The molecule has 0 amide bonds. The van der Waals surface area contributed by atoms with Crippen LogP contribution in [-0.4, -0.2) is 12.2 Å². The lowest BCUT2D eigenvalue weighted by atomic mass is 10.2. The Balaban J connectivity index is 3.15. The van der Waals surface area contributed by atoms with Crippen LogP contribution in [0.4, 0.5) is 0 Å².